The third-order valence-corrected chi connectivity index (χ3v) is 4.53. The van der Waals surface area contributed by atoms with Gasteiger partial charge in [-0.25, -0.2) is 4.98 Å². The molecule has 0 fully saturated rings. The summed E-state index contributed by atoms with van der Waals surface area (Å²) >= 11 is 0. The van der Waals surface area contributed by atoms with E-state index in [1.165, 1.54) is 0 Å². The van der Waals surface area contributed by atoms with Crippen molar-refractivity contribution in [3.05, 3.63) is 65.9 Å². The molecule has 3 rings (SSSR count). The maximum atomic E-state index is 12.2. The van der Waals surface area contributed by atoms with Gasteiger partial charge in [-0.2, -0.15) is 4.98 Å². The summed E-state index contributed by atoms with van der Waals surface area (Å²) in [7, 11) is 0. The molecule has 7 heteroatoms. The highest BCUT2D eigenvalue weighted by Crippen LogP contribution is 2.30. The molecule has 7 nitrogen and oxygen atoms in total. The normalized spacial score (nSPS) is 11.3. The molecule has 2 aromatic carbocycles. The van der Waals surface area contributed by atoms with Gasteiger partial charge in [-0.05, 0) is 28.7 Å². The molecule has 0 aliphatic rings. The van der Waals surface area contributed by atoms with Crippen molar-refractivity contribution in [1.82, 2.24) is 9.97 Å². The number of rotatable bonds is 7. The highest BCUT2D eigenvalue weighted by Gasteiger charge is 2.17. The quantitative estimate of drug-likeness (QED) is 0.523. The molecule has 3 aromatic rings. The first kappa shape index (κ1) is 22.2. The van der Waals surface area contributed by atoms with E-state index < -0.39 is 0 Å². The van der Waals surface area contributed by atoms with E-state index in [1.54, 1.807) is 0 Å². The van der Waals surface area contributed by atoms with Crippen molar-refractivity contribution < 1.29 is 9.53 Å². The second kappa shape index (κ2) is 9.57. The molecule has 0 spiro atoms. The number of carbonyl (C=O) groups is 1. The second-order valence-corrected chi connectivity index (χ2v) is 8.63. The standard InChI is InChI=1S/C24H29N5O2/c1-24(2,3)13-20(30)27-18-11-9-17(10-12-18)21-19(28-23(26)29-22(21)25)15-31-14-16-7-5-4-6-8-16/h4-12H,13-15H2,1-3H3,(H,27,30)(H4,25,26,28,29). The molecular weight excluding hydrogens is 390 g/mol. The van der Waals surface area contributed by atoms with Crippen molar-refractivity contribution in [2.24, 2.45) is 5.41 Å². The minimum Gasteiger partial charge on any atom is -0.383 e. The van der Waals surface area contributed by atoms with E-state index in [0.29, 0.717) is 24.3 Å². The largest absolute Gasteiger partial charge is 0.383 e. The van der Waals surface area contributed by atoms with Crippen LogP contribution >= 0.6 is 0 Å². The Morgan fingerprint density at radius 2 is 1.65 bits per heavy atom. The number of nitrogens with one attached hydrogen (secondary N) is 1. The van der Waals surface area contributed by atoms with Gasteiger partial charge in [0.15, 0.2) is 0 Å². The van der Waals surface area contributed by atoms with E-state index in [9.17, 15) is 4.79 Å². The van der Waals surface area contributed by atoms with E-state index in [2.05, 4.69) is 15.3 Å². The summed E-state index contributed by atoms with van der Waals surface area (Å²) in [4.78, 5) is 20.6. The fourth-order valence-corrected chi connectivity index (χ4v) is 3.21. The van der Waals surface area contributed by atoms with Crippen molar-refractivity contribution in [1.29, 1.82) is 0 Å². The summed E-state index contributed by atoms with van der Waals surface area (Å²) in [6.07, 6.45) is 0.441. The fourth-order valence-electron chi connectivity index (χ4n) is 3.21. The average molecular weight is 420 g/mol. The predicted molar refractivity (Wildman–Crippen MR) is 124 cm³/mol. The van der Waals surface area contributed by atoms with Crippen LogP contribution < -0.4 is 16.8 Å². The minimum absolute atomic E-state index is 0.0226. The number of amides is 1. The first-order valence-corrected chi connectivity index (χ1v) is 10.1. The molecule has 31 heavy (non-hydrogen) atoms. The Bertz CT molecular complexity index is 1030. The number of anilines is 3. The zero-order valence-corrected chi connectivity index (χ0v) is 18.2. The van der Waals surface area contributed by atoms with Gasteiger partial charge in [0.1, 0.15) is 5.82 Å². The number of benzene rings is 2. The molecule has 0 unspecified atom stereocenters. The van der Waals surface area contributed by atoms with Gasteiger partial charge in [0, 0.05) is 17.7 Å². The van der Waals surface area contributed by atoms with Crippen LogP contribution in [-0.2, 0) is 22.7 Å². The van der Waals surface area contributed by atoms with Crippen molar-refractivity contribution in [2.75, 3.05) is 16.8 Å². The van der Waals surface area contributed by atoms with Crippen LogP contribution in [-0.4, -0.2) is 15.9 Å². The van der Waals surface area contributed by atoms with E-state index in [4.69, 9.17) is 16.2 Å². The lowest BCUT2D eigenvalue weighted by Crippen LogP contribution is -2.19. The van der Waals surface area contributed by atoms with Gasteiger partial charge in [-0.1, -0.05) is 63.2 Å². The molecule has 5 N–H and O–H groups in total. The molecule has 1 amide bonds. The van der Waals surface area contributed by atoms with Crippen LogP contribution in [0.2, 0.25) is 0 Å². The Morgan fingerprint density at radius 1 is 0.968 bits per heavy atom. The summed E-state index contributed by atoms with van der Waals surface area (Å²) in [6.45, 7) is 6.77. The molecule has 0 bridgehead atoms. The fraction of sp³-hybridized carbons (Fsp3) is 0.292. The number of nitrogen functional groups attached to an aromatic ring is 2. The molecular formula is C24H29N5O2. The van der Waals surface area contributed by atoms with Gasteiger partial charge in [0.05, 0.1) is 18.9 Å². The van der Waals surface area contributed by atoms with Crippen molar-refractivity contribution in [3.63, 3.8) is 0 Å². The van der Waals surface area contributed by atoms with Gasteiger partial charge in [0.2, 0.25) is 11.9 Å². The van der Waals surface area contributed by atoms with Crippen LogP contribution in [0.15, 0.2) is 54.6 Å². The highest BCUT2D eigenvalue weighted by atomic mass is 16.5. The molecule has 0 saturated carbocycles. The first-order valence-electron chi connectivity index (χ1n) is 10.1. The van der Waals surface area contributed by atoms with Crippen LogP contribution in [0.1, 0.15) is 38.4 Å². The lowest BCUT2D eigenvalue weighted by atomic mass is 9.92. The average Bonchev–Trinajstić information content (AvgIpc) is 2.68. The van der Waals surface area contributed by atoms with Gasteiger partial charge in [-0.15, -0.1) is 0 Å². The van der Waals surface area contributed by atoms with Gasteiger partial charge in [0.25, 0.3) is 0 Å². The zero-order chi connectivity index (χ0) is 22.4. The Morgan fingerprint density at radius 3 is 2.29 bits per heavy atom. The maximum Gasteiger partial charge on any atom is 0.224 e. The molecule has 162 valence electrons. The Balaban J connectivity index is 1.76. The smallest absolute Gasteiger partial charge is 0.224 e. The van der Waals surface area contributed by atoms with Crippen LogP contribution in [0.25, 0.3) is 11.1 Å². The van der Waals surface area contributed by atoms with Crippen LogP contribution in [0.3, 0.4) is 0 Å². The minimum atomic E-state index is -0.0750. The van der Waals surface area contributed by atoms with Crippen molar-refractivity contribution in [3.8, 4) is 11.1 Å². The monoisotopic (exact) mass is 419 g/mol. The summed E-state index contributed by atoms with van der Waals surface area (Å²) < 4.78 is 5.84. The Hall–Kier alpha value is -3.45. The number of nitrogens with zero attached hydrogens (tertiary/aromatic N) is 2. The summed E-state index contributed by atoms with van der Waals surface area (Å²) in [5.74, 6) is 0.367. The van der Waals surface area contributed by atoms with Crippen molar-refractivity contribution in [2.45, 2.75) is 40.4 Å². The number of aromatic nitrogens is 2. The molecule has 0 aliphatic carbocycles. The maximum absolute atomic E-state index is 12.2. The number of hydrogen-bond donors (Lipinski definition) is 3. The SMILES string of the molecule is CC(C)(C)CC(=O)Nc1ccc(-c2c(N)nc(N)nc2COCc2ccccc2)cc1. The number of nitrogens with two attached hydrogens (primary N) is 2. The van der Waals surface area contributed by atoms with E-state index >= 15 is 0 Å². The predicted octanol–water partition coefficient (Wildman–Crippen LogP) is 4.40. The lowest BCUT2D eigenvalue weighted by Gasteiger charge is -2.17. The molecule has 0 radical (unpaired) electrons. The van der Waals surface area contributed by atoms with Gasteiger partial charge >= 0.3 is 0 Å². The Kier molecular flexibility index (Phi) is 6.87. The van der Waals surface area contributed by atoms with Crippen LogP contribution in [0.4, 0.5) is 17.5 Å². The second-order valence-electron chi connectivity index (χ2n) is 8.63. The highest BCUT2D eigenvalue weighted by molar-refractivity contribution is 5.91. The van der Waals surface area contributed by atoms with E-state index in [0.717, 1.165) is 16.8 Å². The summed E-state index contributed by atoms with van der Waals surface area (Å²) in [6, 6.07) is 17.3. The molecule has 1 heterocycles. The van der Waals surface area contributed by atoms with Crippen LogP contribution in [0.5, 0.6) is 0 Å². The number of hydrogen-bond acceptors (Lipinski definition) is 6. The van der Waals surface area contributed by atoms with E-state index in [1.807, 2.05) is 75.4 Å². The zero-order valence-electron chi connectivity index (χ0n) is 18.2. The molecule has 0 aliphatic heterocycles. The lowest BCUT2D eigenvalue weighted by molar-refractivity contribution is -0.117. The van der Waals surface area contributed by atoms with E-state index in [-0.39, 0.29) is 29.7 Å². The molecule has 0 atom stereocenters. The molecule has 0 saturated heterocycles. The Labute approximate surface area is 182 Å². The third-order valence-electron chi connectivity index (χ3n) is 4.53. The number of ether oxygens (including phenoxy) is 1. The summed E-state index contributed by atoms with van der Waals surface area (Å²) in [5, 5.41) is 2.92. The third kappa shape index (κ3) is 6.52. The molecule has 1 aromatic heterocycles. The summed E-state index contributed by atoms with van der Waals surface area (Å²) in [5.41, 5.74) is 15.8. The van der Waals surface area contributed by atoms with Crippen LogP contribution in [0, 0.1) is 5.41 Å². The van der Waals surface area contributed by atoms with Gasteiger partial charge < -0.3 is 21.5 Å². The van der Waals surface area contributed by atoms with Crippen molar-refractivity contribution >= 4 is 23.4 Å². The topological polar surface area (TPSA) is 116 Å². The van der Waals surface area contributed by atoms with Gasteiger partial charge in [-0.3, -0.25) is 4.79 Å². The number of carbonyl (C=O) groups excluding carboxylic acids is 1. The first-order chi connectivity index (χ1) is 14.7.